The van der Waals surface area contributed by atoms with Gasteiger partial charge in [0.1, 0.15) is 0 Å². The van der Waals surface area contributed by atoms with Crippen LogP contribution in [0.5, 0.6) is 0 Å². The van der Waals surface area contributed by atoms with E-state index in [-0.39, 0.29) is 0 Å². The van der Waals surface area contributed by atoms with E-state index in [0.29, 0.717) is 6.04 Å². The van der Waals surface area contributed by atoms with Crippen molar-refractivity contribution < 1.29 is 4.74 Å². The fourth-order valence-electron chi connectivity index (χ4n) is 3.85. The first-order valence-corrected chi connectivity index (χ1v) is 6.86. The van der Waals surface area contributed by atoms with E-state index in [1.807, 2.05) is 0 Å². The van der Waals surface area contributed by atoms with Gasteiger partial charge in [-0.1, -0.05) is 0 Å². The van der Waals surface area contributed by atoms with Gasteiger partial charge in [0, 0.05) is 37.7 Å². The van der Waals surface area contributed by atoms with Crippen molar-refractivity contribution in [1.82, 2.24) is 10.2 Å². The first kappa shape index (κ1) is 11.0. The third-order valence-electron chi connectivity index (χ3n) is 4.86. The molecule has 0 aromatic carbocycles. The Labute approximate surface area is 98.5 Å². The first-order valence-electron chi connectivity index (χ1n) is 6.86. The molecule has 3 fully saturated rings. The number of piperidine rings is 1. The van der Waals surface area contributed by atoms with E-state index in [4.69, 9.17) is 4.74 Å². The summed E-state index contributed by atoms with van der Waals surface area (Å²) < 4.78 is 5.51. The van der Waals surface area contributed by atoms with Gasteiger partial charge < -0.3 is 10.1 Å². The molecule has 2 bridgehead atoms. The van der Waals surface area contributed by atoms with Gasteiger partial charge >= 0.3 is 0 Å². The second kappa shape index (κ2) is 4.63. The molecule has 0 amide bonds. The maximum atomic E-state index is 5.51. The first-order chi connectivity index (χ1) is 7.86. The molecule has 0 aromatic heterocycles. The lowest BCUT2D eigenvalue weighted by Gasteiger charge is -2.32. The Hall–Kier alpha value is -0.120. The highest BCUT2D eigenvalue weighted by Gasteiger charge is 2.39. The Morgan fingerprint density at radius 3 is 2.88 bits per heavy atom. The van der Waals surface area contributed by atoms with E-state index in [9.17, 15) is 0 Å². The number of likely N-dealkylation sites (tertiary alicyclic amines) is 1. The number of nitrogens with one attached hydrogen (secondary N) is 1. The highest BCUT2D eigenvalue weighted by molar-refractivity contribution is 4.94. The maximum absolute atomic E-state index is 5.51. The predicted molar refractivity (Wildman–Crippen MR) is 64.5 cm³/mol. The van der Waals surface area contributed by atoms with E-state index >= 15 is 0 Å². The Bertz CT molecular complexity index is 240. The lowest BCUT2D eigenvalue weighted by atomic mass is 9.98. The minimum absolute atomic E-state index is 0.641. The Morgan fingerprint density at radius 2 is 2.31 bits per heavy atom. The van der Waals surface area contributed by atoms with Crippen LogP contribution in [-0.2, 0) is 4.74 Å². The number of fused-ring (bicyclic) bond motifs is 2. The summed E-state index contributed by atoms with van der Waals surface area (Å²) in [5, 5.41) is 3.51. The zero-order valence-electron chi connectivity index (χ0n) is 10.3. The molecule has 0 aromatic rings. The average molecular weight is 224 g/mol. The number of hydrogen-bond donors (Lipinski definition) is 1. The van der Waals surface area contributed by atoms with Crippen LogP contribution in [0, 0.1) is 11.8 Å². The molecule has 0 radical (unpaired) electrons. The second-order valence-corrected chi connectivity index (χ2v) is 5.81. The monoisotopic (exact) mass is 224 g/mol. The Balaban J connectivity index is 1.55. The molecule has 1 aliphatic carbocycles. The molecule has 1 saturated carbocycles. The fourth-order valence-corrected chi connectivity index (χ4v) is 3.85. The number of likely N-dealkylation sites (N-methyl/N-ethyl adjacent to an activating group) is 1. The SMILES string of the molecule is CNC(CN1CC2CCC1C2)C1CCOC1. The van der Waals surface area contributed by atoms with Crippen molar-refractivity contribution in [2.24, 2.45) is 11.8 Å². The molecule has 3 heteroatoms. The van der Waals surface area contributed by atoms with Gasteiger partial charge in [-0.05, 0) is 38.6 Å². The molecule has 4 unspecified atom stereocenters. The molecule has 4 atom stereocenters. The number of rotatable bonds is 4. The van der Waals surface area contributed by atoms with Gasteiger partial charge in [0.05, 0.1) is 6.61 Å². The lowest BCUT2D eigenvalue weighted by molar-refractivity contribution is 0.149. The number of nitrogens with zero attached hydrogens (tertiary/aromatic N) is 1. The van der Waals surface area contributed by atoms with Crippen LogP contribution in [0.2, 0.25) is 0 Å². The zero-order chi connectivity index (χ0) is 11.0. The van der Waals surface area contributed by atoms with Crippen molar-refractivity contribution in [3.63, 3.8) is 0 Å². The van der Waals surface area contributed by atoms with Crippen LogP contribution in [0.15, 0.2) is 0 Å². The molecule has 3 rings (SSSR count). The van der Waals surface area contributed by atoms with Crippen LogP contribution in [0.1, 0.15) is 25.7 Å². The van der Waals surface area contributed by atoms with Crippen molar-refractivity contribution in [3.05, 3.63) is 0 Å². The zero-order valence-corrected chi connectivity index (χ0v) is 10.3. The van der Waals surface area contributed by atoms with E-state index < -0.39 is 0 Å². The van der Waals surface area contributed by atoms with Crippen LogP contribution in [0.4, 0.5) is 0 Å². The van der Waals surface area contributed by atoms with Gasteiger partial charge in [-0.15, -0.1) is 0 Å². The van der Waals surface area contributed by atoms with Crippen LogP contribution in [-0.4, -0.2) is 50.3 Å². The standard InChI is InChI=1S/C13H24N2O/c1-14-13(11-4-5-16-9-11)8-15-7-10-2-3-12(15)6-10/h10-14H,2-9H2,1H3. The van der Waals surface area contributed by atoms with Gasteiger partial charge in [0.25, 0.3) is 0 Å². The van der Waals surface area contributed by atoms with Gasteiger partial charge in [-0.2, -0.15) is 0 Å². The Kier molecular flexibility index (Phi) is 3.18. The van der Waals surface area contributed by atoms with Crippen molar-refractivity contribution in [2.45, 2.75) is 37.8 Å². The fraction of sp³-hybridized carbons (Fsp3) is 1.00. The number of hydrogen-bond acceptors (Lipinski definition) is 3. The van der Waals surface area contributed by atoms with E-state index in [2.05, 4.69) is 17.3 Å². The normalized spacial score (nSPS) is 40.7. The maximum Gasteiger partial charge on any atom is 0.0510 e. The van der Waals surface area contributed by atoms with Gasteiger partial charge in [0.2, 0.25) is 0 Å². The summed E-state index contributed by atoms with van der Waals surface area (Å²) in [6.45, 7) is 4.53. The summed E-state index contributed by atoms with van der Waals surface area (Å²) in [7, 11) is 2.11. The van der Waals surface area contributed by atoms with Gasteiger partial charge in [-0.25, -0.2) is 0 Å². The van der Waals surface area contributed by atoms with Crippen LogP contribution in [0.25, 0.3) is 0 Å². The predicted octanol–water partition coefficient (Wildman–Crippen LogP) is 1.10. The van der Waals surface area contributed by atoms with Gasteiger partial charge in [-0.3, -0.25) is 4.90 Å². The summed E-state index contributed by atoms with van der Waals surface area (Å²) in [6, 6.07) is 1.55. The summed E-state index contributed by atoms with van der Waals surface area (Å²) >= 11 is 0. The van der Waals surface area contributed by atoms with Crippen LogP contribution < -0.4 is 5.32 Å². The van der Waals surface area contributed by atoms with Crippen molar-refractivity contribution in [1.29, 1.82) is 0 Å². The Morgan fingerprint density at radius 1 is 1.38 bits per heavy atom. The van der Waals surface area contributed by atoms with E-state index in [1.165, 1.54) is 38.8 Å². The molecule has 2 aliphatic heterocycles. The minimum Gasteiger partial charge on any atom is -0.381 e. The molecule has 92 valence electrons. The van der Waals surface area contributed by atoms with Crippen molar-refractivity contribution in [3.8, 4) is 0 Å². The number of ether oxygens (including phenoxy) is 1. The molecule has 3 aliphatic rings. The minimum atomic E-state index is 0.641. The van der Waals surface area contributed by atoms with Gasteiger partial charge in [0.15, 0.2) is 0 Å². The summed E-state index contributed by atoms with van der Waals surface area (Å²) in [5.41, 5.74) is 0. The highest BCUT2D eigenvalue weighted by atomic mass is 16.5. The molecule has 2 saturated heterocycles. The molecule has 2 heterocycles. The average Bonchev–Trinajstić information content (AvgIpc) is 3.01. The third-order valence-corrected chi connectivity index (χ3v) is 4.86. The summed E-state index contributed by atoms with van der Waals surface area (Å²) in [5.74, 6) is 1.76. The van der Waals surface area contributed by atoms with Crippen molar-refractivity contribution >= 4 is 0 Å². The van der Waals surface area contributed by atoms with E-state index in [0.717, 1.165) is 31.1 Å². The largest absolute Gasteiger partial charge is 0.381 e. The second-order valence-electron chi connectivity index (χ2n) is 5.81. The van der Waals surface area contributed by atoms with E-state index in [1.54, 1.807) is 0 Å². The quantitative estimate of drug-likeness (QED) is 0.774. The summed E-state index contributed by atoms with van der Waals surface area (Å²) in [6.07, 6.45) is 5.64. The summed E-state index contributed by atoms with van der Waals surface area (Å²) in [4.78, 5) is 2.73. The molecular formula is C13H24N2O. The molecular weight excluding hydrogens is 200 g/mol. The molecule has 1 N–H and O–H groups in total. The molecule has 16 heavy (non-hydrogen) atoms. The molecule has 3 nitrogen and oxygen atoms in total. The van der Waals surface area contributed by atoms with Crippen LogP contribution in [0.3, 0.4) is 0 Å². The van der Waals surface area contributed by atoms with Crippen molar-refractivity contribution in [2.75, 3.05) is 33.4 Å². The molecule has 0 spiro atoms. The smallest absolute Gasteiger partial charge is 0.0510 e. The topological polar surface area (TPSA) is 24.5 Å². The van der Waals surface area contributed by atoms with Crippen LogP contribution >= 0.6 is 0 Å². The highest BCUT2D eigenvalue weighted by Crippen LogP contribution is 2.37. The lowest BCUT2D eigenvalue weighted by Crippen LogP contribution is -2.46. The third kappa shape index (κ3) is 2.01.